The fraction of sp³-hybridized carbons (Fsp3) is 0.158. The molecular formula is C19H15ClN4O4. The quantitative estimate of drug-likeness (QED) is 0.706. The predicted molar refractivity (Wildman–Crippen MR) is 102 cm³/mol. The second kappa shape index (κ2) is 7.58. The minimum atomic E-state index is -1.39. The topological polar surface area (TPSA) is 110 Å². The molecule has 8 nitrogen and oxygen atoms in total. The van der Waals surface area contributed by atoms with E-state index in [1.165, 1.54) is 23.0 Å². The lowest BCUT2D eigenvalue weighted by molar-refractivity contribution is 0.0695. The molecule has 3 aromatic rings. The van der Waals surface area contributed by atoms with Crippen LogP contribution in [0.4, 0.5) is 0 Å². The number of carbonyl (C=O) groups is 1. The van der Waals surface area contributed by atoms with Crippen LogP contribution in [0.3, 0.4) is 0 Å². The second-order valence-corrected chi connectivity index (χ2v) is 6.28. The van der Waals surface area contributed by atoms with E-state index in [-0.39, 0.29) is 27.9 Å². The van der Waals surface area contributed by atoms with Gasteiger partial charge in [-0.15, -0.1) is 5.10 Å². The van der Waals surface area contributed by atoms with Gasteiger partial charge in [0.1, 0.15) is 11.6 Å². The summed E-state index contributed by atoms with van der Waals surface area (Å²) in [5.41, 5.74) is -0.387. The normalized spacial score (nSPS) is 10.5. The number of aromatic nitrogens is 3. The number of rotatable bonds is 5. The molecule has 1 aromatic carbocycles. The molecule has 0 radical (unpaired) electrons. The summed E-state index contributed by atoms with van der Waals surface area (Å²) >= 11 is 6.09. The zero-order valence-corrected chi connectivity index (χ0v) is 15.8. The number of hydrogen-bond acceptors (Lipinski definition) is 5. The van der Waals surface area contributed by atoms with E-state index in [0.717, 1.165) is 0 Å². The summed E-state index contributed by atoms with van der Waals surface area (Å²) in [4.78, 5) is 24.8. The highest BCUT2D eigenvalue weighted by Crippen LogP contribution is 2.29. The van der Waals surface area contributed by atoms with Crippen molar-refractivity contribution >= 4 is 17.6 Å². The number of carboxylic acids is 1. The Kier molecular flexibility index (Phi) is 5.20. The Morgan fingerprint density at radius 3 is 2.68 bits per heavy atom. The molecule has 0 amide bonds. The van der Waals surface area contributed by atoms with Gasteiger partial charge in [-0.25, -0.2) is 4.79 Å². The third-order valence-electron chi connectivity index (χ3n) is 4.07. The Balaban J connectivity index is 2.24. The molecule has 0 bridgehead atoms. The molecule has 0 aliphatic heterocycles. The molecule has 0 atom stereocenters. The molecule has 0 unspecified atom stereocenters. The lowest BCUT2D eigenvalue weighted by Crippen LogP contribution is -2.22. The SMILES string of the molecule is CCn1cc(Oc2ccn(C)n2)c(=O)c(C(=O)O)c1-c1ccc(C#N)c(Cl)c1. The van der Waals surface area contributed by atoms with Crippen LogP contribution in [-0.4, -0.2) is 25.4 Å². The van der Waals surface area contributed by atoms with Gasteiger partial charge in [0.2, 0.25) is 11.3 Å². The Hall–Kier alpha value is -3.57. The molecular weight excluding hydrogens is 384 g/mol. The molecule has 28 heavy (non-hydrogen) atoms. The third kappa shape index (κ3) is 3.48. The first kappa shape index (κ1) is 19.2. The standard InChI is InChI=1S/C19H15ClN4O4/c1-3-24-10-14(28-15-6-7-23(2)22-15)18(25)16(19(26)27)17(24)11-4-5-12(9-21)13(20)8-11/h4-8,10H,3H2,1-2H3,(H,26,27). The van der Waals surface area contributed by atoms with Crippen LogP contribution >= 0.6 is 11.6 Å². The van der Waals surface area contributed by atoms with Crippen molar-refractivity contribution in [3.63, 3.8) is 0 Å². The van der Waals surface area contributed by atoms with Crippen molar-refractivity contribution in [2.75, 3.05) is 0 Å². The lowest BCUT2D eigenvalue weighted by Gasteiger charge is -2.17. The van der Waals surface area contributed by atoms with E-state index in [1.807, 2.05) is 6.07 Å². The fourth-order valence-electron chi connectivity index (χ4n) is 2.78. The highest BCUT2D eigenvalue weighted by Gasteiger charge is 2.24. The minimum absolute atomic E-state index is 0.151. The first-order chi connectivity index (χ1) is 13.3. The van der Waals surface area contributed by atoms with Crippen molar-refractivity contribution < 1.29 is 14.6 Å². The van der Waals surface area contributed by atoms with E-state index >= 15 is 0 Å². The largest absolute Gasteiger partial charge is 0.477 e. The third-order valence-corrected chi connectivity index (χ3v) is 4.38. The van der Waals surface area contributed by atoms with Gasteiger partial charge in [0.25, 0.3) is 0 Å². The first-order valence-corrected chi connectivity index (χ1v) is 8.61. The van der Waals surface area contributed by atoms with E-state index in [4.69, 9.17) is 21.6 Å². The predicted octanol–water partition coefficient (Wildman–Crippen LogP) is 3.28. The summed E-state index contributed by atoms with van der Waals surface area (Å²) in [6.07, 6.45) is 3.07. The Bertz CT molecular complexity index is 1170. The molecule has 0 saturated heterocycles. The molecule has 0 aliphatic rings. The highest BCUT2D eigenvalue weighted by molar-refractivity contribution is 6.32. The lowest BCUT2D eigenvalue weighted by atomic mass is 10.0. The molecule has 1 N–H and O–H groups in total. The summed E-state index contributed by atoms with van der Waals surface area (Å²) in [5.74, 6) is -1.37. The number of ether oxygens (including phenoxy) is 1. The molecule has 142 valence electrons. The summed E-state index contributed by atoms with van der Waals surface area (Å²) in [6.45, 7) is 2.17. The van der Waals surface area contributed by atoms with Gasteiger partial charge >= 0.3 is 5.97 Å². The van der Waals surface area contributed by atoms with Gasteiger partial charge < -0.3 is 14.4 Å². The zero-order chi connectivity index (χ0) is 20.4. The van der Waals surface area contributed by atoms with Crippen molar-refractivity contribution in [3.05, 3.63) is 63.0 Å². The van der Waals surface area contributed by atoms with Crippen LogP contribution in [0.25, 0.3) is 11.3 Å². The molecule has 2 aromatic heterocycles. The molecule has 2 heterocycles. The van der Waals surface area contributed by atoms with E-state index in [1.54, 1.807) is 36.9 Å². The number of halogens is 1. The molecule has 0 aliphatic carbocycles. The van der Waals surface area contributed by atoms with Gasteiger partial charge in [0.15, 0.2) is 5.75 Å². The maximum absolute atomic E-state index is 12.9. The van der Waals surface area contributed by atoms with E-state index < -0.39 is 17.0 Å². The Morgan fingerprint density at radius 2 is 2.14 bits per heavy atom. The number of aryl methyl sites for hydroxylation is 2. The monoisotopic (exact) mass is 398 g/mol. The summed E-state index contributed by atoms with van der Waals surface area (Å²) in [6, 6.07) is 8.00. The van der Waals surface area contributed by atoms with Crippen LogP contribution in [-0.2, 0) is 13.6 Å². The van der Waals surface area contributed by atoms with E-state index in [2.05, 4.69) is 5.10 Å². The molecule has 0 saturated carbocycles. The molecule has 0 spiro atoms. The van der Waals surface area contributed by atoms with Crippen LogP contribution in [0.1, 0.15) is 22.8 Å². The molecule has 0 fully saturated rings. The van der Waals surface area contributed by atoms with E-state index in [0.29, 0.717) is 12.1 Å². The summed E-state index contributed by atoms with van der Waals surface area (Å²) < 4.78 is 8.60. The smallest absolute Gasteiger partial charge is 0.342 e. The minimum Gasteiger partial charge on any atom is -0.477 e. The van der Waals surface area contributed by atoms with Crippen molar-refractivity contribution in [1.82, 2.24) is 14.3 Å². The van der Waals surface area contributed by atoms with Crippen molar-refractivity contribution in [2.24, 2.45) is 7.05 Å². The van der Waals surface area contributed by atoms with Gasteiger partial charge in [-0.2, -0.15) is 5.26 Å². The number of pyridine rings is 1. The fourth-order valence-corrected chi connectivity index (χ4v) is 3.01. The number of aromatic carboxylic acids is 1. The number of benzene rings is 1. The van der Waals surface area contributed by atoms with Crippen LogP contribution in [0.5, 0.6) is 11.6 Å². The first-order valence-electron chi connectivity index (χ1n) is 8.24. The summed E-state index contributed by atoms with van der Waals surface area (Å²) in [7, 11) is 1.69. The van der Waals surface area contributed by atoms with Crippen LogP contribution in [0.2, 0.25) is 5.02 Å². The average molecular weight is 399 g/mol. The number of hydrogen-bond donors (Lipinski definition) is 1. The number of nitrogens with zero attached hydrogens (tertiary/aromatic N) is 4. The van der Waals surface area contributed by atoms with Gasteiger partial charge in [0.05, 0.1) is 22.5 Å². The maximum atomic E-state index is 12.9. The average Bonchev–Trinajstić information content (AvgIpc) is 3.07. The second-order valence-electron chi connectivity index (χ2n) is 5.87. The zero-order valence-electron chi connectivity index (χ0n) is 15.0. The van der Waals surface area contributed by atoms with Crippen molar-refractivity contribution in [3.8, 4) is 29.0 Å². The number of nitriles is 1. The van der Waals surface area contributed by atoms with Gasteiger partial charge in [-0.05, 0) is 19.1 Å². The van der Waals surface area contributed by atoms with E-state index in [9.17, 15) is 14.7 Å². The van der Waals surface area contributed by atoms with Gasteiger partial charge in [-0.1, -0.05) is 17.7 Å². The van der Waals surface area contributed by atoms with Crippen LogP contribution in [0.15, 0.2) is 41.5 Å². The summed E-state index contributed by atoms with van der Waals surface area (Å²) in [5, 5.41) is 23.0. The van der Waals surface area contributed by atoms with Gasteiger partial charge in [-0.3, -0.25) is 9.48 Å². The van der Waals surface area contributed by atoms with Gasteiger partial charge in [0, 0.05) is 31.4 Å². The number of carboxylic acid groups (broad SMARTS) is 1. The van der Waals surface area contributed by atoms with Crippen molar-refractivity contribution in [2.45, 2.75) is 13.5 Å². The Labute approximate surface area is 164 Å². The molecule has 3 rings (SSSR count). The highest BCUT2D eigenvalue weighted by atomic mass is 35.5. The maximum Gasteiger partial charge on any atom is 0.342 e. The van der Waals surface area contributed by atoms with Crippen LogP contribution < -0.4 is 10.2 Å². The van der Waals surface area contributed by atoms with Crippen LogP contribution in [0, 0.1) is 11.3 Å². The molecule has 9 heteroatoms. The van der Waals surface area contributed by atoms with Crippen molar-refractivity contribution in [1.29, 1.82) is 5.26 Å². The Morgan fingerprint density at radius 1 is 1.39 bits per heavy atom.